The van der Waals surface area contributed by atoms with Gasteiger partial charge >= 0.3 is 17.9 Å². The average molecular weight is 548 g/mol. The standard InChI is InChI=1S/C25H33N5O9/c1-3-12(2)21(24(37)29-18(25(38)39)10-20(33)34)30-23(36)17(9-19(31)32)28-22(35)15(26)8-13-11-27-16-7-5-4-6-14(13)16/h4-7,11-12,15,17-18,21,27H,3,8-10,26H2,1-2H3,(H,28,35)(H,29,37)(H,30,36)(H,31,32)(H,33,34)(H,38,39). The third kappa shape index (κ3) is 8.81. The number of carbonyl (C=O) groups excluding carboxylic acids is 3. The van der Waals surface area contributed by atoms with Gasteiger partial charge in [0.2, 0.25) is 17.7 Å². The van der Waals surface area contributed by atoms with Crippen molar-refractivity contribution >= 4 is 46.5 Å². The Bertz CT molecular complexity index is 1230. The molecule has 212 valence electrons. The highest BCUT2D eigenvalue weighted by Gasteiger charge is 2.34. The number of hydrogen-bond donors (Lipinski definition) is 8. The summed E-state index contributed by atoms with van der Waals surface area (Å²) in [7, 11) is 0. The van der Waals surface area contributed by atoms with Gasteiger partial charge in [-0.3, -0.25) is 24.0 Å². The monoisotopic (exact) mass is 547 g/mol. The van der Waals surface area contributed by atoms with Gasteiger partial charge in [-0.2, -0.15) is 0 Å². The predicted octanol–water partition coefficient (Wildman–Crippen LogP) is -0.428. The number of aliphatic carboxylic acids is 3. The lowest BCUT2D eigenvalue weighted by molar-refractivity contribution is -0.147. The minimum Gasteiger partial charge on any atom is -0.481 e. The molecule has 1 aromatic heterocycles. The van der Waals surface area contributed by atoms with Crippen LogP contribution in [0.1, 0.15) is 38.7 Å². The zero-order valence-corrected chi connectivity index (χ0v) is 21.5. The summed E-state index contributed by atoms with van der Waals surface area (Å²) < 4.78 is 0. The maximum absolute atomic E-state index is 13.0. The lowest BCUT2D eigenvalue weighted by atomic mass is 9.97. The van der Waals surface area contributed by atoms with Crippen molar-refractivity contribution in [3.05, 3.63) is 36.0 Å². The Morgan fingerprint density at radius 1 is 0.872 bits per heavy atom. The van der Waals surface area contributed by atoms with Gasteiger partial charge in [-0.05, 0) is 24.0 Å². The van der Waals surface area contributed by atoms with E-state index < -0.39 is 78.6 Å². The molecule has 0 fully saturated rings. The molecular formula is C25H33N5O9. The van der Waals surface area contributed by atoms with Gasteiger partial charge in [0.25, 0.3) is 0 Å². The maximum Gasteiger partial charge on any atom is 0.326 e. The summed E-state index contributed by atoms with van der Waals surface area (Å²) in [5.74, 6) is -7.77. The van der Waals surface area contributed by atoms with E-state index in [-0.39, 0.29) is 6.42 Å². The maximum atomic E-state index is 13.0. The van der Waals surface area contributed by atoms with E-state index >= 15 is 0 Å². The summed E-state index contributed by atoms with van der Waals surface area (Å²) in [6.07, 6.45) is 0.427. The summed E-state index contributed by atoms with van der Waals surface area (Å²) in [6.45, 7) is 3.28. The number of amides is 3. The lowest BCUT2D eigenvalue weighted by Gasteiger charge is -2.27. The van der Waals surface area contributed by atoms with Crippen LogP contribution in [0.25, 0.3) is 10.9 Å². The molecule has 2 aromatic rings. The van der Waals surface area contributed by atoms with Gasteiger partial charge < -0.3 is 42.0 Å². The van der Waals surface area contributed by atoms with Crippen molar-refractivity contribution in [1.29, 1.82) is 0 Å². The molecule has 5 unspecified atom stereocenters. The molecule has 0 aliphatic heterocycles. The first-order valence-electron chi connectivity index (χ1n) is 12.2. The Morgan fingerprint density at radius 2 is 1.46 bits per heavy atom. The van der Waals surface area contributed by atoms with Crippen molar-refractivity contribution in [3.8, 4) is 0 Å². The third-order valence-electron chi connectivity index (χ3n) is 6.25. The van der Waals surface area contributed by atoms with Crippen LogP contribution in [0.2, 0.25) is 0 Å². The molecule has 0 aliphatic carbocycles. The first-order valence-corrected chi connectivity index (χ1v) is 12.2. The molecule has 0 spiro atoms. The van der Waals surface area contributed by atoms with Gasteiger partial charge in [0.05, 0.1) is 18.9 Å². The predicted molar refractivity (Wildman–Crippen MR) is 137 cm³/mol. The van der Waals surface area contributed by atoms with Gasteiger partial charge in [-0.25, -0.2) is 4.79 Å². The molecule has 5 atom stereocenters. The largest absolute Gasteiger partial charge is 0.481 e. The third-order valence-corrected chi connectivity index (χ3v) is 6.25. The van der Waals surface area contributed by atoms with Crippen LogP contribution >= 0.6 is 0 Å². The summed E-state index contributed by atoms with van der Waals surface area (Å²) in [5.41, 5.74) is 7.63. The molecule has 2 rings (SSSR count). The number of H-pyrrole nitrogens is 1. The van der Waals surface area contributed by atoms with E-state index in [1.807, 2.05) is 24.3 Å². The van der Waals surface area contributed by atoms with Crippen molar-refractivity contribution < 1.29 is 44.1 Å². The number of benzene rings is 1. The number of hydrogen-bond acceptors (Lipinski definition) is 7. The molecule has 0 saturated heterocycles. The first-order chi connectivity index (χ1) is 18.3. The van der Waals surface area contributed by atoms with E-state index in [4.69, 9.17) is 10.8 Å². The van der Waals surface area contributed by atoms with Crippen molar-refractivity contribution in [3.63, 3.8) is 0 Å². The molecule has 14 nitrogen and oxygen atoms in total. The topological polar surface area (TPSA) is 241 Å². The summed E-state index contributed by atoms with van der Waals surface area (Å²) in [4.78, 5) is 75.5. The van der Waals surface area contributed by atoms with Crippen molar-refractivity contribution in [2.24, 2.45) is 11.7 Å². The van der Waals surface area contributed by atoms with E-state index in [0.717, 1.165) is 16.5 Å². The van der Waals surface area contributed by atoms with Crippen molar-refractivity contribution in [2.45, 2.75) is 63.7 Å². The lowest BCUT2D eigenvalue weighted by Crippen LogP contribution is -2.59. The zero-order valence-electron chi connectivity index (χ0n) is 21.5. The van der Waals surface area contributed by atoms with Crippen LogP contribution in [-0.4, -0.2) is 80.1 Å². The number of nitrogens with two attached hydrogens (primary N) is 1. The summed E-state index contributed by atoms with van der Waals surface area (Å²) >= 11 is 0. The molecule has 9 N–H and O–H groups in total. The number of nitrogens with one attached hydrogen (secondary N) is 4. The van der Waals surface area contributed by atoms with Gasteiger partial charge in [-0.15, -0.1) is 0 Å². The molecule has 0 radical (unpaired) electrons. The van der Waals surface area contributed by atoms with Crippen LogP contribution in [0.3, 0.4) is 0 Å². The van der Waals surface area contributed by atoms with Crippen molar-refractivity contribution in [1.82, 2.24) is 20.9 Å². The van der Waals surface area contributed by atoms with E-state index in [1.54, 1.807) is 20.0 Å². The number of carboxylic acid groups (broad SMARTS) is 3. The number of aromatic nitrogens is 1. The minimum atomic E-state index is -1.75. The van der Waals surface area contributed by atoms with Gasteiger partial charge in [0.15, 0.2) is 0 Å². The quantitative estimate of drug-likeness (QED) is 0.143. The zero-order chi connectivity index (χ0) is 29.3. The number of aromatic amines is 1. The van der Waals surface area contributed by atoms with Gasteiger partial charge in [0.1, 0.15) is 18.1 Å². The number of fused-ring (bicyclic) bond motifs is 1. The van der Waals surface area contributed by atoms with Gasteiger partial charge in [0, 0.05) is 17.1 Å². The minimum absolute atomic E-state index is 0.0926. The Labute approximate surface area is 223 Å². The Balaban J connectivity index is 2.16. The molecular weight excluding hydrogens is 514 g/mol. The smallest absolute Gasteiger partial charge is 0.326 e. The van der Waals surface area contributed by atoms with Crippen LogP contribution < -0.4 is 21.7 Å². The number of para-hydroxylation sites is 1. The van der Waals surface area contributed by atoms with E-state index in [0.29, 0.717) is 6.42 Å². The SMILES string of the molecule is CCC(C)C(NC(=O)C(CC(=O)O)NC(=O)C(N)Cc1c[nH]c2ccccc12)C(=O)NC(CC(=O)O)C(=O)O. The Kier molecular flexibility index (Phi) is 11.0. The average Bonchev–Trinajstić information content (AvgIpc) is 3.27. The van der Waals surface area contributed by atoms with E-state index in [9.17, 15) is 39.0 Å². The summed E-state index contributed by atoms with van der Waals surface area (Å²) in [6, 6.07) is 1.53. The van der Waals surface area contributed by atoms with Gasteiger partial charge in [-0.1, -0.05) is 38.5 Å². The van der Waals surface area contributed by atoms with E-state index in [2.05, 4.69) is 20.9 Å². The molecule has 1 heterocycles. The van der Waals surface area contributed by atoms with Crippen LogP contribution in [0.5, 0.6) is 0 Å². The number of carbonyl (C=O) groups is 6. The fourth-order valence-electron chi connectivity index (χ4n) is 3.88. The van der Waals surface area contributed by atoms with Crippen molar-refractivity contribution in [2.75, 3.05) is 0 Å². The second kappa shape index (κ2) is 13.9. The Morgan fingerprint density at radius 3 is 2.05 bits per heavy atom. The van der Waals surface area contributed by atoms with Crippen LogP contribution in [-0.2, 0) is 35.2 Å². The van der Waals surface area contributed by atoms with E-state index in [1.165, 1.54) is 0 Å². The molecule has 0 saturated carbocycles. The first kappa shape index (κ1) is 30.8. The highest BCUT2D eigenvalue weighted by Crippen LogP contribution is 2.19. The highest BCUT2D eigenvalue weighted by atomic mass is 16.4. The molecule has 1 aromatic carbocycles. The molecule has 0 bridgehead atoms. The van der Waals surface area contributed by atoms with Crippen LogP contribution in [0, 0.1) is 5.92 Å². The Hall–Kier alpha value is -4.46. The fourth-order valence-corrected chi connectivity index (χ4v) is 3.88. The molecule has 39 heavy (non-hydrogen) atoms. The fraction of sp³-hybridized carbons (Fsp3) is 0.440. The number of rotatable bonds is 15. The summed E-state index contributed by atoms with van der Waals surface area (Å²) in [5, 5.41) is 35.1. The molecule has 3 amide bonds. The van der Waals surface area contributed by atoms with Crippen LogP contribution in [0.4, 0.5) is 0 Å². The second-order valence-corrected chi connectivity index (χ2v) is 9.20. The normalized spacial score (nSPS) is 14.8. The molecule has 14 heteroatoms. The highest BCUT2D eigenvalue weighted by molar-refractivity contribution is 5.96. The molecule has 0 aliphatic rings. The second-order valence-electron chi connectivity index (χ2n) is 9.20. The number of carboxylic acids is 3. The van der Waals surface area contributed by atoms with Crippen LogP contribution in [0.15, 0.2) is 30.5 Å².